The monoisotopic (exact) mass is 229 g/mol. The van der Waals surface area contributed by atoms with Crippen molar-refractivity contribution in [2.75, 3.05) is 13.7 Å². The van der Waals surface area contributed by atoms with Gasteiger partial charge >= 0.3 is 0 Å². The Balaban J connectivity index is 2.68. The van der Waals surface area contributed by atoms with E-state index in [2.05, 4.69) is 5.32 Å². The Bertz CT molecular complexity index is 320. The minimum absolute atomic E-state index is 0.0457. The van der Waals surface area contributed by atoms with Crippen LogP contribution in [0.2, 0.25) is 0 Å². The molecule has 5 heteroatoms. The highest BCUT2D eigenvalue weighted by molar-refractivity contribution is 7.12. The second-order valence-corrected chi connectivity index (χ2v) is 4.00. The third-order valence-electron chi connectivity index (χ3n) is 2.10. The second-order valence-electron chi connectivity index (χ2n) is 3.08. The summed E-state index contributed by atoms with van der Waals surface area (Å²) in [5.74, 6) is 0.382. The van der Waals surface area contributed by atoms with Crippen molar-refractivity contribution >= 4 is 17.2 Å². The average molecular weight is 229 g/mol. The fourth-order valence-corrected chi connectivity index (χ4v) is 1.91. The van der Waals surface area contributed by atoms with E-state index in [0.29, 0.717) is 17.0 Å². The number of carbonyl (C=O) groups excluding carboxylic acids is 1. The Morgan fingerprint density at radius 3 is 3.00 bits per heavy atom. The molecule has 4 nitrogen and oxygen atoms in total. The van der Waals surface area contributed by atoms with Gasteiger partial charge in [-0.25, -0.2) is 0 Å². The van der Waals surface area contributed by atoms with Crippen LogP contribution in [-0.4, -0.2) is 30.8 Å². The van der Waals surface area contributed by atoms with Crippen molar-refractivity contribution in [3.63, 3.8) is 0 Å². The van der Waals surface area contributed by atoms with E-state index >= 15 is 0 Å². The van der Waals surface area contributed by atoms with Gasteiger partial charge in [-0.05, 0) is 17.9 Å². The van der Waals surface area contributed by atoms with Gasteiger partial charge in [0.1, 0.15) is 10.6 Å². The normalized spacial score (nSPS) is 12.2. The number of amides is 1. The maximum atomic E-state index is 11.7. The molecule has 1 heterocycles. The van der Waals surface area contributed by atoms with Crippen molar-refractivity contribution in [2.24, 2.45) is 0 Å². The van der Waals surface area contributed by atoms with Gasteiger partial charge in [-0.1, -0.05) is 6.92 Å². The van der Waals surface area contributed by atoms with Crippen LogP contribution in [0.1, 0.15) is 23.0 Å². The van der Waals surface area contributed by atoms with Gasteiger partial charge in [0.05, 0.1) is 19.8 Å². The van der Waals surface area contributed by atoms with E-state index < -0.39 is 0 Å². The van der Waals surface area contributed by atoms with Gasteiger partial charge in [0.25, 0.3) is 5.91 Å². The molecule has 0 aliphatic heterocycles. The molecule has 0 fully saturated rings. The molecule has 0 aliphatic carbocycles. The fourth-order valence-electron chi connectivity index (χ4n) is 1.15. The van der Waals surface area contributed by atoms with Crippen LogP contribution in [0.5, 0.6) is 5.75 Å². The maximum absolute atomic E-state index is 11.7. The molecular formula is C10H15NO3S. The topological polar surface area (TPSA) is 58.6 Å². The Hall–Kier alpha value is -1.07. The molecule has 1 aromatic rings. The van der Waals surface area contributed by atoms with Gasteiger partial charge in [0.15, 0.2) is 0 Å². The molecule has 0 saturated heterocycles. The summed E-state index contributed by atoms with van der Waals surface area (Å²) >= 11 is 1.33. The van der Waals surface area contributed by atoms with Crippen LogP contribution in [0, 0.1) is 0 Å². The summed E-state index contributed by atoms with van der Waals surface area (Å²) in [6, 6.07) is 1.56. The van der Waals surface area contributed by atoms with Crippen molar-refractivity contribution < 1.29 is 14.6 Å². The number of carbonyl (C=O) groups is 1. The zero-order valence-electron chi connectivity index (χ0n) is 8.82. The number of ether oxygens (including phenoxy) is 1. The first-order valence-corrected chi connectivity index (χ1v) is 5.64. The molecule has 15 heavy (non-hydrogen) atoms. The minimum Gasteiger partial charge on any atom is -0.495 e. The molecule has 1 unspecified atom stereocenters. The standard InChI is InChI=1S/C10H15NO3S/c1-3-7(6-12)11-10(13)9-8(14-2)4-5-15-9/h4-5,7,12H,3,6H2,1-2H3,(H,11,13). The molecule has 1 amide bonds. The summed E-state index contributed by atoms with van der Waals surface area (Å²) in [5, 5.41) is 13.5. The molecule has 0 bridgehead atoms. The van der Waals surface area contributed by atoms with E-state index in [1.54, 1.807) is 11.4 Å². The predicted molar refractivity (Wildman–Crippen MR) is 59.5 cm³/mol. The number of hydrogen-bond donors (Lipinski definition) is 2. The highest BCUT2D eigenvalue weighted by Gasteiger charge is 2.16. The number of thiophene rings is 1. The zero-order chi connectivity index (χ0) is 11.3. The van der Waals surface area contributed by atoms with E-state index in [1.807, 2.05) is 6.92 Å². The summed E-state index contributed by atoms with van der Waals surface area (Å²) < 4.78 is 5.04. The third-order valence-corrected chi connectivity index (χ3v) is 3.00. The molecule has 84 valence electrons. The number of rotatable bonds is 5. The molecular weight excluding hydrogens is 214 g/mol. The summed E-state index contributed by atoms with van der Waals surface area (Å²) in [6.07, 6.45) is 0.704. The Labute approximate surface area is 92.9 Å². The zero-order valence-corrected chi connectivity index (χ0v) is 9.63. The van der Waals surface area contributed by atoms with Gasteiger partial charge in [-0.3, -0.25) is 4.79 Å². The van der Waals surface area contributed by atoms with Crippen molar-refractivity contribution in [2.45, 2.75) is 19.4 Å². The van der Waals surface area contributed by atoms with Crippen LogP contribution in [0.25, 0.3) is 0 Å². The van der Waals surface area contributed by atoms with Crippen LogP contribution >= 0.6 is 11.3 Å². The van der Waals surface area contributed by atoms with Crippen LogP contribution < -0.4 is 10.1 Å². The quantitative estimate of drug-likeness (QED) is 0.799. The van der Waals surface area contributed by atoms with E-state index in [4.69, 9.17) is 9.84 Å². The molecule has 0 radical (unpaired) electrons. The molecule has 0 spiro atoms. The van der Waals surface area contributed by atoms with Crippen molar-refractivity contribution in [1.82, 2.24) is 5.32 Å². The van der Waals surface area contributed by atoms with E-state index in [9.17, 15) is 4.79 Å². The van der Waals surface area contributed by atoms with Crippen molar-refractivity contribution in [3.8, 4) is 5.75 Å². The Kier molecular flexibility index (Phi) is 4.58. The molecule has 0 aliphatic rings. The maximum Gasteiger partial charge on any atom is 0.265 e. The van der Waals surface area contributed by atoms with Gasteiger partial charge in [-0.2, -0.15) is 0 Å². The van der Waals surface area contributed by atoms with Crippen molar-refractivity contribution in [3.05, 3.63) is 16.3 Å². The summed E-state index contributed by atoms with van der Waals surface area (Å²) in [5.41, 5.74) is 0. The van der Waals surface area contributed by atoms with Crippen LogP contribution in [0.3, 0.4) is 0 Å². The van der Waals surface area contributed by atoms with Crippen LogP contribution in [0.4, 0.5) is 0 Å². The Morgan fingerprint density at radius 1 is 1.73 bits per heavy atom. The number of aliphatic hydroxyl groups excluding tert-OH is 1. The lowest BCUT2D eigenvalue weighted by molar-refractivity contribution is 0.0916. The van der Waals surface area contributed by atoms with E-state index in [1.165, 1.54) is 18.4 Å². The minimum atomic E-state index is -0.192. The molecule has 2 N–H and O–H groups in total. The van der Waals surface area contributed by atoms with Crippen LogP contribution in [-0.2, 0) is 0 Å². The van der Waals surface area contributed by atoms with E-state index in [0.717, 1.165) is 0 Å². The lowest BCUT2D eigenvalue weighted by Gasteiger charge is -2.13. The van der Waals surface area contributed by atoms with Gasteiger partial charge in [0, 0.05) is 0 Å². The number of aliphatic hydroxyl groups is 1. The first-order chi connectivity index (χ1) is 7.22. The van der Waals surface area contributed by atoms with Crippen LogP contribution in [0.15, 0.2) is 11.4 Å². The SMILES string of the molecule is CCC(CO)NC(=O)c1sccc1OC. The molecule has 1 atom stereocenters. The Morgan fingerprint density at radius 2 is 2.47 bits per heavy atom. The summed E-state index contributed by atoms with van der Waals surface area (Å²) in [6.45, 7) is 1.86. The highest BCUT2D eigenvalue weighted by Crippen LogP contribution is 2.24. The molecule has 0 saturated carbocycles. The van der Waals surface area contributed by atoms with E-state index in [-0.39, 0.29) is 18.6 Å². The molecule has 1 rings (SSSR count). The summed E-state index contributed by atoms with van der Waals surface area (Å²) in [4.78, 5) is 12.3. The highest BCUT2D eigenvalue weighted by atomic mass is 32.1. The number of nitrogens with one attached hydrogen (secondary N) is 1. The predicted octanol–water partition coefficient (Wildman–Crippen LogP) is 1.26. The lowest BCUT2D eigenvalue weighted by Crippen LogP contribution is -2.36. The second kappa shape index (κ2) is 5.72. The van der Waals surface area contributed by atoms with Gasteiger partial charge in [-0.15, -0.1) is 11.3 Å². The fraction of sp³-hybridized carbons (Fsp3) is 0.500. The third kappa shape index (κ3) is 2.94. The first-order valence-electron chi connectivity index (χ1n) is 4.76. The smallest absolute Gasteiger partial charge is 0.265 e. The number of hydrogen-bond acceptors (Lipinski definition) is 4. The lowest BCUT2D eigenvalue weighted by atomic mass is 10.2. The summed E-state index contributed by atoms with van der Waals surface area (Å²) in [7, 11) is 1.53. The molecule has 0 aromatic carbocycles. The largest absolute Gasteiger partial charge is 0.495 e. The van der Waals surface area contributed by atoms with Gasteiger partial charge < -0.3 is 15.2 Å². The molecule has 1 aromatic heterocycles. The average Bonchev–Trinajstić information content (AvgIpc) is 2.73. The number of methoxy groups -OCH3 is 1. The van der Waals surface area contributed by atoms with Crippen molar-refractivity contribution in [1.29, 1.82) is 0 Å². The first kappa shape index (κ1) is 12.0. The van der Waals surface area contributed by atoms with Gasteiger partial charge in [0.2, 0.25) is 0 Å².